The van der Waals surface area contributed by atoms with Crippen LogP contribution in [0.1, 0.15) is 6.42 Å². The van der Waals surface area contributed by atoms with Crippen LogP contribution in [-0.2, 0) is 4.79 Å². The van der Waals surface area contributed by atoms with Gasteiger partial charge in [0.25, 0.3) is 0 Å². The normalized spacial score (nSPS) is 11.8. The third kappa shape index (κ3) is 2.89. The fourth-order valence-corrected chi connectivity index (χ4v) is 0.437. The van der Waals surface area contributed by atoms with Gasteiger partial charge < -0.3 is 5.11 Å². The van der Waals surface area contributed by atoms with Crippen molar-refractivity contribution in [2.45, 2.75) is 18.8 Å². The maximum Gasteiger partial charge on any atom is 0.331 e. The monoisotopic (exact) mass is 186 g/mol. The van der Waals surface area contributed by atoms with Crippen LogP contribution >= 0.6 is 0 Å². The number of hydrogen-bond donors (Lipinski definition) is 1. The van der Waals surface area contributed by atoms with Crippen molar-refractivity contribution in [3.8, 4) is 0 Å². The lowest BCUT2D eigenvalue weighted by atomic mass is 10.1. The van der Waals surface area contributed by atoms with E-state index in [2.05, 4.69) is 6.58 Å². The minimum absolute atomic E-state index is 0.930. The van der Waals surface area contributed by atoms with Gasteiger partial charge in [0, 0.05) is 12.0 Å². The third-order valence-electron chi connectivity index (χ3n) is 1.07. The molecular weight excluding hydrogens is 180 g/mol. The Kier molecular flexibility index (Phi) is 3.24. The largest absolute Gasteiger partial charge is 0.478 e. The van der Waals surface area contributed by atoms with Crippen LogP contribution < -0.4 is 0 Å². The summed E-state index contributed by atoms with van der Waals surface area (Å²) in [5.41, 5.74) is -0.930. The Balaban J connectivity index is 4.25. The van der Waals surface area contributed by atoms with E-state index in [1.165, 1.54) is 0 Å². The number of alkyl halides is 4. The van der Waals surface area contributed by atoms with Gasteiger partial charge in [0.1, 0.15) is 0 Å². The molecule has 12 heavy (non-hydrogen) atoms. The van der Waals surface area contributed by atoms with Crippen molar-refractivity contribution in [1.82, 2.24) is 0 Å². The number of halogens is 4. The Bertz CT molecular complexity index is 200. The summed E-state index contributed by atoms with van der Waals surface area (Å²) in [6, 6.07) is 0. The molecule has 0 rings (SSSR count). The zero-order valence-electron chi connectivity index (χ0n) is 5.86. The number of carboxylic acids is 1. The molecule has 70 valence electrons. The lowest BCUT2D eigenvalue weighted by molar-refractivity contribution is -0.140. The zero-order valence-corrected chi connectivity index (χ0v) is 5.86. The summed E-state index contributed by atoms with van der Waals surface area (Å²) >= 11 is 0. The quantitative estimate of drug-likeness (QED) is 0.537. The van der Waals surface area contributed by atoms with Crippen molar-refractivity contribution in [2.75, 3.05) is 0 Å². The first-order chi connectivity index (χ1) is 5.27. The van der Waals surface area contributed by atoms with E-state index in [1.807, 2.05) is 0 Å². The molecule has 0 aliphatic carbocycles. The Morgan fingerprint density at radius 1 is 1.50 bits per heavy atom. The zero-order chi connectivity index (χ0) is 9.94. The Hall–Kier alpha value is -1.07. The average molecular weight is 186 g/mol. The lowest BCUT2D eigenvalue weighted by Crippen LogP contribution is -2.28. The summed E-state index contributed by atoms with van der Waals surface area (Å²) in [7, 11) is 0. The second-order valence-corrected chi connectivity index (χ2v) is 2.15. The molecule has 0 amide bonds. The number of hydrogen-bond acceptors (Lipinski definition) is 1. The number of carboxylic acid groups (broad SMARTS) is 1. The standard InChI is InChI=1S/C6H6F4O2/c1-3(4(11)12)2-6(9,10)5(7)8/h5H,1-2H2,(H,11,12). The molecule has 0 aromatic heterocycles. The molecule has 6 heteroatoms. The van der Waals surface area contributed by atoms with Crippen LogP contribution in [0.3, 0.4) is 0 Å². The summed E-state index contributed by atoms with van der Waals surface area (Å²) in [6.07, 6.45) is -5.39. The molecule has 0 heterocycles. The molecule has 0 fully saturated rings. The highest BCUT2D eigenvalue weighted by atomic mass is 19.3. The van der Waals surface area contributed by atoms with Crippen LogP contribution in [0.15, 0.2) is 12.2 Å². The molecule has 0 radical (unpaired) electrons. The van der Waals surface area contributed by atoms with Crippen molar-refractivity contribution in [2.24, 2.45) is 0 Å². The fourth-order valence-electron chi connectivity index (χ4n) is 0.437. The summed E-state index contributed by atoms with van der Waals surface area (Å²) in [6.45, 7) is 2.71. The molecule has 0 bridgehead atoms. The van der Waals surface area contributed by atoms with Crippen molar-refractivity contribution in [1.29, 1.82) is 0 Å². The van der Waals surface area contributed by atoms with Gasteiger partial charge in [-0.05, 0) is 0 Å². The van der Waals surface area contributed by atoms with E-state index in [1.54, 1.807) is 0 Å². The molecule has 0 spiro atoms. The van der Waals surface area contributed by atoms with Crippen LogP contribution in [0.4, 0.5) is 17.6 Å². The molecule has 0 aromatic carbocycles. The Morgan fingerprint density at radius 3 is 2.17 bits per heavy atom. The van der Waals surface area contributed by atoms with Gasteiger partial charge >= 0.3 is 18.3 Å². The van der Waals surface area contributed by atoms with Crippen LogP contribution in [0, 0.1) is 0 Å². The minimum atomic E-state index is -4.31. The predicted octanol–water partition coefficient (Wildman–Crippen LogP) is 1.92. The second kappa shape index (κ2) is 3.55. The second-order valence-electron chi connectivity index (χ2n) is 2.15. The van der Waals surface area contributed by atoms with Gasteiger partial charge in [0.15, 0.2) is 0 Å². The first kappa shape index (κ1) is 10.9. The van der Waals surface area contributed by atoms with Gasteiger partial charge in [0.2, 0.25) is 0 Å². The first-order valence-electron chi connectivity index (χ1n) is 2.84. The van der Waals surface area contributed by atoms with Crippen molar-refractivity contribution >= 4 is 5.97 Å². The topological polar surface area (TPSA) is 37.3 Å². The van der Waals surface area contributed by atoms with Crippen molar-refractivity contribution in [3.05, 3.63) is 12.2 Å². The Labute approximate surface area is 65.5 Å². The molecule has 0 aliphatic rings. The summed E-state index contributed by atoms with van der Waals surface area (Å²) in [5, 5.41) is 8.05. The minimum Gasteiger partial charge on any atom is -0.478 e. The van der Waals surface area contributed by atoms with Crippen molar-refractivity contribution in [3.63, 3.8) is 0 Å². The predicted molar refractivity (Wildman–Crippen MR) is 32.3 cm³/mol. The van der Waals surface area contributed by atoms with E-state index in [-0.39, 0.29) is 0 Å². The number of aliphatic carboxylic acids is 1. The van der Waals surface area contributed by atoms with Crippen LogP contribution in [0.5, 0.6) is 0 Å². The SMILES string of the molecule is C=C(CC(F)(F)C(F)F)C(=O)O. The van der Waals surface area contributed by atoms with E-state index < -0.39 is 30.3 Å². The van der Waals surface area contributed by atoms with E-state index in [9.17, 15) is 22.4 Å². The number of rotatable bonds is 4. The molecule has 2 nitrogen and oxygen atoms in total. The summed E-state index contributed by atoms with van der Waals surface area (Å²) in [5.74, 6) is -6.01. The average Bonchev–Trinajstić information content (AvgIpc) is 1.85. The van der Waals surface area contributed by atoms with E-state index >= 15 is 0 Å². The van der Waals surface area contributed by atoms with Crippen LogP contribution in [-0.4, -0.2) is 23.4 Å². The van der Waals surface area contributed by atoms with Gasteiger partial charge in [-0.1, -0.05) is 6.58 Å². The molecule has 0 aliphatic heterocycles. The molecule has 0 saturated carbocycles. The highest BCUT2D eigenvalue weighted by molar-refractivity contribution is 5.85. The van der Waals surface area contributed by atoms with Crippen LogP contribution in [0.2, 0.25) is 0 Å². The Morgan fingerprint density at radius 2 is 1.92 bits per heavy atom. The van der Waals surface area contributed by atoms with Gasteiger partial charge in [-0.15, -0.1) is 0 Å². The van der Waals surface area contributed by atoms with Crippen molar-refractivity contribution < 1.29 is 27.5 Å². The van der Waals surface area contributed by atoms with Gasteiger partial charge in [0.05, 0.1) is 0 Å². The van der Waals surface area contributed by atoms with E-state index in [4.69, 9.17) is 5.11 Å². The molecule has 0 aromatic rings. The smallest absolute Gasteiger partial charge is 0.331 e. The van der Waals surface area contributed by atoms with Gasteiger partial charge in [-0.3, -0.25) is 0 Å². The van der Waals surface area contributed by atoms with Gasteiger partial charge in [-0.2, -0.15) is 8.78 Å². The fraction of sp³-hybridized carbons (Fsp3) is 0.500. The molecule has 0 saturated heterocycles. The molecule has 0 unspecified atom stereocenters. The molecule has 1 N–H and O–H groups in total. The number of carbonyl (C=O) groups is 1. The summed E-state index contributed by atoms with van der Waals surface area (Å²) < 4.78 is 47.1. The molecule has 0 atom stereocenters. The maximum absolute atomic E-state index is 12.1. The molecular formula is C6H6F4O2. The highest BCUT2D eigenvalue weighted by Crippen LogP contribution is 2.29. The highest BCUT2D eigenvalue weighted by Gasteiger charge is 2.41. The lowest BCUT2D eigenvalue weighted by Gasteiger charge is -2.14. The van der Waals surface area contributed by atoms with Gasteiger partial charge in [-0.25, -0.2) is 13.6 Å². The first-order valence-corrected chi connectivity index (χ1v) is 2.84. The van der Waals surface area contributed by atoms with E-state index in [0.29, 0.717) is 0 Å². The van der Waals surface area contributed by atoms with E-state index in [0.717, 1.165) is 0 Å². The summed E-state index contributed by atoms with van der Waals surface area (Å²) in [4.78, 5) is 9.92. The maximum atomic E-state index is 12.1. The van der Waals surface area contributed by atoms with Crippen LogP contribution in [0.25, 0.3) is 0 Å². The third-order valence-corrected chi connectivity index (χ3v) is 1.07.